The van der Waals surface area contributed by atoms with Gasteiger partial charge in [-0.25, -0.2) is 0 Å². The second-order valence-electron chi connectivity index (χ2n) is 2.97. The van der Waals surface area contributed by atoms with E-state index in [-0.39, 0.29) is 0 Å². The van der Waals surface area contributed by atoms with Crippen LogP contribution in [0.3, 0.4) is 0 Å². The van der Waals surface area contributed by atoms with Crippen LogP contribution in [-0.4, -0.2) is 6.21 Å². The highest BCUT2D eigenvalue weighted by atomic mass is 32.2. The van der Waals surface area contributed by atoms with Gasteiger partial charge in [-0.05, 0) is 29.5 Å². The van der Waals surface area contributed by atoms with Gasteiger partial charge < -0.3 is 0 Å². The summed E-state index contributed by atoms with van der Waals surface area (Å²) in [4.78, 5) is 6.87. The van der Waals surface area contributed by atoms with Crippen molar-refractivity contribution in [3.8, 4) is 0 Å². The van der Waals surface area contributed by atoms with Crippen molar-refractivity contribution in [2.24, 2.45) is 4.99 Å². The van der Waals surface area contributed by atoms with Crippen LogP contribution >= 0.6 is 11.8 Å². The highest BCUT2D eigenvalue weighted by Gasteiger charge is 2.05. The molecule has 1 aliphatic rings. The molecular weight excluding hydrogens is 190 g/mol. The van der Waals surface area contributed by atoms with Gasteiger partial charge in [0.05, 0.1) is 5.69 Å². The lowest BCUT2D eigenvalue weighted by Gasteiger charge is -2.03. The summed E-state index contributed by atoms with van der Waals surface area (Å²) in [5.74, 6) is 0. The van der Waals surface area contributed by atoms with Gasteiger partial charge in [0.2, 0.25) is 0 Å². The van der Waals surface area contributed by atoms with Crippen molar-refractivity contribution in [1.29, 1.82) is 0 Å². The van der Waals surface area contributed by atoms with Crippen molar-refractivity contribution in [2.45, 2.75) is 11.3 Å². The van der Waals surface area contributed by atoms with Gasteiger partial charge in [-0.2, -0.15) is 0 Å². The molecule has 1 nitrogen and oxygen atoms in total. The third kappa shape index (κ3) is 1.96. The molecule has 0 aliphatic carbocycles. The summed E-state index contributed by atoms with van der Waals surface area (Å²) in [6.07, 6.45) is 6.73. The van der Waals surface area contributed by atoms with E-state index < -0.39 is 0 Å². The summed E-state index contributed by atoms with van der Waals surface area (Å²) in [5.41, 5.74) is 1.05. The second kappa shape index (κ2) is 4.29. The van der Waals surface area contributed by atoms with Gasteiger partial charge in [0.25, 0.3) is 0 Å². The van der Waals surface area contributed by atoms with E-state index in [9.17, 15) is 0 Å². The SMILES string of the molecule is C=CCC1=CC=Nc2ccccc2S1. The maximum atomic E-state index is 4.36. The van der Waals surface area contributed by atoms with Gasteiger partial charge in [0.15, 0.2) is 0 Å². The fraction of sp³-hybridized carbons (Fsp3) is 0.0833. The van der Waals surface area contributed by atoms with Gasteiger partial charge in [0.1, 0.15) is 0 Å². The van der Waals surface area contributed by atoms with Crippen LogP contribution in [0.5, 0.6) is 0 Å². The molecule has 0 bridgehead atoms. The lowest BCUT2D eigenvalue weighted by molar-refractivity contribution is 1.36. The Hall–Kier alpha value is -1.28. The summed E-state index contributed by atoms with van der Waals surface area (Å²) in [6.45, 7) is 3.74. The minimum absolute atomic E-state index is 0.908. The van der Waals surface area contributed by atoms with Crippen LogP contribution in [0.15, 0.2) is 57.8 Å². The Kier molecular flexibility index (Phi) is 2.84. The zero-order valence-corrected chi connectivity index (χ0v) is 8.63. The molecule has 0 unspecified atom stereocenters. The van der Waals surface area contributed by atoms with Crippen molar-refractivity contribution >= 4 is 23.7 Å². The Morgan fingerprint density at radius 3 is 3.07 bits per heavy atom. The fourth-order valence-electron chi connectivity index (χ4n) is 1.28. The lowest BCUT2D eigenvalue weighted by Crippen LogP contribution is -1.74. The van der Waals surface area contributed by atoms with Gasteiger partial charge in [0, 0.05) is 11.1 Å². The molecule has 0 N–H and O–H groups in total. The molecule has 0 amide bonds. The highest BCUT2D eigenvalue weighted by Crippen LogP contribution is 2.37. The van der Waals surface area contributed by atoms with E-state index in [1.165, 1.54) is 9.80 Å². The predicted octanol–water partition coefficient (Wildman–Crippen LogP) is 3.95. The topological polar surface area (TPSA) is 12.4 Å². The van der Waals surface area contributed by atoms with Crippen LogP contribution in [0.4, 0.5) is 5.69 Å². The van der Waals surface area contributed by atoms with E-state index in [0.717, 1.165) is 12.1 Å². The number of hydrogen-bond donors (Lipinski definition) is 0. The monoisotopic (exact) mass is 201 g/mol. The molecule has 2 rings (SSSR count). The van der Waals surface area contributed by atoms with Crippen LogP contribution in [0, 0.1) is 0 Å². The van der Waals surface area contributed by atoms with E-state index in [1.54, 1.807) is 11.8 Å². The summed E-state index contributed by atoms with van der Waals surface area (Å²) in [6, 6.07) is 8.18. The van der Waals surface area contributed by atoms with Crippen LogP contribution < -0.4 is 0 Å². The van der Waals surface area contributed by atoms with Crippen LogP contribution in [0.25, 0.3) is 0 Å². The van der Waals surface area contributed by atoms with E-state index in [2.05, 4.69) is 17.6 Å². The average molecular weight is 201 g/mol. The van der Waals surface area contributed by atoms with Crippen molar-refractivity contribution in [1.82, 2.24) is 0 Å². The van der Waals surface area contributed by atoms with E-state index in [1.807, 2.05) is 36.6 Å². The Morgan fingerprint density at radius 1 is 1.36 bits per heavy atom. The molecule has 0 spiro atoms. The minimum atomic E-state index is 0.908. The zero-order valence-electron chi connectivity index (χ0n) is 7.81. The number of aliphatic imine (C=N–C) groups is 1. The molecule has 0 aromatic heterocycles. The molecule has 1 aliphatic heterocycles. The van der Waals surface area contributed by atoms with Gasteiger partial charge in [-0.1, -0.05) is 30.0 Å². The first-order valence-corrected chi connectivity index (χ1v) is 5.33. The minimum Gasteiger partial charge on any atom is -0.256 e. The number of rotatable bonds is 2. The molecule has 0 radical (unpaired) electrons. The predicted molar refractivity (Wildman–Crippen MR) is 63.3 cm³/mol. The van der Waals surface area contributed by atoms with Gasteiger partial charge >= 0.3 is 0 Å². The van der Waals surface area contributed by atoms with Crippen molar-refractivity contribution < 1.29 is 0 Å². The molecule has 0 saturated carbocycles. The van der Waals surface area contributed by atoms with Gasteiger partial charge in [-0.3, -0.25) is 4.99 Å². The zero-order chi connectivity index (χ0) is 9.80. The Morgan fingerprint density at radius 2 is 2.21 bits per heavy atom. The number of para-hydroxylation sites is 1. The molecule has 70 valence electrons. The third-order valence-electron chi connectivity index (χ3n) is 1.93. The number of benzene rings is 1. The molecule has 0 atom stereocenters. The molecule has 1 aromatic carbocycles. The molecule has 0 saturated heterocycles. The maximum absolute atomic E-state index is 4.36. The smallest absolute Gasteiger partial charge is 0.0768 e. The van der Waals surface area contributed by atoms with Crippen molar-refractivity contribution in [3.05, 3.63) is 47.9 Å². The number of hydrogen-bond acceptors (Lipinski definition) is 2. The second-order valence-corrected chi connectivity index (χ2v) is 4.14. The first-order chi connectivity index (χ1) is 6.90. The summed E-state index contributed by atoms with van der Waals surface area (Å²) in [7, 11) is 0. The number of thioether (sulfide) groups is 1. The van der Waals surface area contributed by atoms with Crippen molar-refractivity contribution in [2.75, 3.05) is 0 Å². The Labute approximate surface area is 88.3 Å². The van der Waals surface area contributed by atoms with Gasteiger partial charge in [-0.15, -0.1) is 6.58 Å². The normalized spacial score (nSPS) is 14.1. The van der Waals surface area contributed by atoms with E-state index >= 15 is 0 Å². The maximum Gasteiger partial charge on any atom is 0.0768 e. The third-order valence-corrected chi connectivity index (χ3v) is 3.06. The van der Waals surface area contributed by atoms with E-state index in [4.69, 9.17) is 0 Å². The first kappa shape index (κ1) is 9.28. The Bertz CT molecular complexity index is 405. The molecule has 1 aromatic rings. The quantitative estimate of drug-likeness (QED) is 0.660. The molecule has 0 fully saturated rings. The Balaban J connectivity index is 2.32. The van der Waals surface area contributed by atoms with Crippen LogP contribution in [-0.2, 0) is 0 Å². The molecule has 2 heteroatoms. The summed E-state index contributed by atoms with van der Waals surface area (Å²) >= 11 is 1.77. The summed E-state index contributed by atoms with van der Waals surface area (Å²) < 4.78 is 0. The van der Waals surface area contributed by atoms with Crippen LogP contribution in [0.1, 0.15) is 6.42 Å². The summed E-state index contributed by atoms with van der Waals surface area (Å²) in [5, 5.41) is 0. The highest BCUT2D eigenvalue weighted by molar-refractivity contribution is 8.03. The molecule has 14 heavy (non-hydrogen) atoms. The number of nitrogens with zero attached hydrogens (tertiary/aromatic N) is 1. The lowest BCUT2D eigenvalue weighted by atomic mass is 10.3. The fourth-order valence-corrected chi connectivity index (χ4v) is 2.26. The van der Waals surface area contributed by atoms with Crippen molar-refractivity contribution in [3.63, 3.8) is 0 Å². The first-order valence-electron chi connectivity index (χ1n) is 4.51. The van der Waals surface area contributed by atoms with Crippen LogP contribution in [0.2, 0.25) is 0 Å². The largest absolute Gasteiger partial charge is 0.256 e. The number of allylic oxidation sites excluding steroid dienone is 3. The molecule has 1 heterocycles. The average Bonchev–Trinajstić information content (AvgIpc) is 2.40. The standard InChI is InChI=1S/C12H11NS/c1-2-5-10-8-9-13-11-6-3-4-7-12(11)14-10/h2-4,6-9H,1,5H2. The molecular formula is C12H11NS. The van der Waals surface area contributed by atoms with E-state index in [0.29, 0.717) is 0 Å². The number of fused-ring (bicyclic) bond motifs is 1.